The predicted octanol–water partition coefficient (Wildman–Crippen LogP) is 5.71. The third-order valence-corrected chi connectivity index (χ3v) is 8.23. The molecule has 7 nitrogen and oxygen atoms in total. The lowest BCUT2D eigenvalue weighted by atomic mass is 9.98. The van der Waals surface area contributed by atoms with Gasteiger partial charge in [-0.15, -0.1) is 11.3 Å². The molecule has 1 saturated heterocycles. The lowest BCUT2D eigenvalue weighted by Gasteiger charge is -2.21. The number of thiophene rings is 1. The largest absolute Gasteiger partial charge is 0.507 e. The molecule has 4 heterocycles. The molecule has 2 aliphatic rings. The maximum atomic E-state index is 13.4. The van der Waals surface area contributed by atoms with E-state index in [1.807, 2.05) is 55.6 Å². The van der Waals surface area contributed by atoms with Crippen molar-refractivity contribution >= 4 is 55.5 Å². The van der Waals surface area contributed by atoms with Gasteiger partial charge in [-0.3, -0.25) is 14.5 Å². The van der Waals surface area contributed by atoms with Crippen LogP contribution in [0.5, 0.6) is 11.5 Å². The minimum atomic E-state index is -0.777. The van der Waals surface area contributed by atoms with Gasteiger partial charge in [-0.1, -0.05) is 17.4 Å². The van der Waals surface area contributed by atoms with Crippen LogP contribution in [-0.2, 0) is 16.0 Å². The van der Waals surface area contributed by atoms with Gasteiger partial charge in [0.2, 0.25) is 0 Å². The first kappa shape index (κ1) is 22.8. The summed E-state index contributed by atoms with van der Waals surface area (Å²) in [6.45, 7) is 4.44. The maximum Gasteiger partial charge on any atom is 0.301 e. The molecular formula is C27H22N2O5S2. The molecule has 2 aliphatic heterocycles. The molecule has 2 aromatic carbocycles. The number of Topliss-reactive ketones (excluding diaryl/α,β-unsaturated/α-hetero) is 1. The van der Waals surface area contributed by atoms with Crippen molar-refractivity contribution < 1.29 is 24.2 Å². The number of aromatic nitrogens is 1. The van der Waals surface area contributed by atoms with Gasteiger partial charge < -0.3 is 14.6 Å². The highest BCUT2D eigenvalue weighted by Crippen LogP contribution is 2.46. The molecular weight excluding hydrogens is 496 g/mol. The summed E-state index contributed by atoms with van der Waals surface area (Å²) in [5, 5.41) is 13.7. The molecule has 0 spiro atoms. The maximum absolute atomic E-state index is 13.4. The third-order valence-electron chi connectivity index (χ3n) is 6.29. The average Bonchev–Trinajstić information content (AvgIpc) is 3.64. The number of aliphatic hydroxyl groups excluding tert-OH is 1. The minimum absolute atomic E-state index is 0.0522. The third kappa shape index (κ3) is 3.66. The summed E-state index contributed by atoms with van der Waals surface area (Å²) in [4.78, 5) is 33.6. The van der Waals surface area contributed by atoms with Gasteiger partial charge in [-0.2, -0.15) is 0 Å². The number of thiazole rings is 1. The van der Waals surface area contributed by atoms with Crippen molar-refractivity contribution in [2.45, 2.75) is 32.4 Å². The second kappa shape index (κ2) is 8.76. The Hall–Kier alpha value is -3.69. The van der Waals surface area contributed by atoms with Crippen molar-refractivity contribution in [3.8, 4) is 11.5 Å². The smallest absolute Gasteiger partial charge is 0.301 e. The molecule has 1 N–H and O–H groups in total. The summed E-state index contributed by atoms with van der Waals surface area (Å²) in [7, 11) is 0. The number of benzene rings is 2. The standard InChI is InChI=1S/C27H22N2O5S2/c1-3-33-17-7-8-18-21(13-17)36-27(28-18)29-23(20-5-4-10-35-20)22(25(31)26(29)32)24(30)15-6-9-19-16(12-15)11-14(2)34-19/h4-10,12-14,23,30H,3,11H2,1-2H3/t14-,23-/m1/s1. The Morgan fingerprint density at radius 1 is 1.22 bits per heavy atom. The minimum Gasteiger partial charge on any atom is -0.507 e. The SMILES string of the molecule is CCOc1ccc2nc(N3C(=O)C(=O)C(=C(O)c4ccc5c(c4)C[C@@H](C)O5)[C@H]3c3cccs3)sc2c1. The Bertz CT molecular complexity index is 1540. The highest BCUT2D eigenvalue weighted by atomic mass is 32.1. The van der Waals surface area contributed by atoms with Gasteiger partial charge in [0.05, 0.1) is 22.4 Å². The Kier molecular flexibility index (Phi) is 5.54. The van der Waals surface area contributed by atoms with Crippen molar-refractivity contribution in [2.24, 2.45) is 0 Å². The van der Waals surface area contributed by atoms with Crippen LogP contribution in [0.25, 0.3) is 16.0 Å². The number of carbonyl (C=O) groups excluding carboxylic acids is 2. The fourth-order valence-corrected chi connectivity index (χ4v) is 6.57. The van der Waals surface area contributed by atoms with Gasteiger partial charge in [-0.25, -0.2) is 4.98 Å². The lowest BCUT2D eigenvalue weighted by Crippen LogP contribution is -2.28. The molecule has 2 atom stereocenters. The monoisotopic (exact) mass is 518 g/mol. The molecule has 1 fully saturated rings. The van der Waals surface area contributed by atoms with E-state index >= 15 is 0 Å². The fraction of sp³-hybridized carbons (Fsp3) is 0.222. The summed E-state index contributed by atoms with van der Waals surface area (Å²) in [6.07, 6.45) is 0.769. The Labute approximate surface area is 215 Å². The normalized spacial score (nSPS) is 20.7. The molecule has 2 aromatic heterocycles. The molecule has 36 heavy (non-hydrogen) atoms. The Morgan fingerprint density at radius 2 is 2.08 bits per heavy atom. The van der Waals surface area contributed by atoms with Crippen LogP contribution in [0.1, 0.15) is 35.9 Å². The number of carbonyl (C=O) groups is 2. The molecule has 0 saturated carbocycles. The second-order valence-electron chi connectivity index (χ2n) is 8.70. The molecule has 6 rings (SSSR count). The number of nitrogens with zero attached hydrogens (tertiary/aromatic N) is 2. The fourth-order valence-electron chi connectivity index (χ4n) is 4.72. The van der Waals surface area contributed by atoms with Crippen LogP contribution in [-0.4, -0.2) is 34.5 Å². The number of anilines is 1. The molecule has 0 bridgehead atoms. The Morgan fingerprint density at radius 3 is 2.86 bits per heavy atom. The van der Waals surface area contributed by atoms with Gasteiger partial charge in [0, 0.05) is 16.9 Å². The van der Waals surface area contributed by atoms with Crippen molar-refractivity contribution in [1.29, 1.82) is 0 Å². The molecule has 0 radical (unpaired) electrons. The van der Waals surface area contributed by atoms with Gasteiger partial charge in [0.1, 0.15) is 29.4 Å². The molecule has 1 amide bonds. The zero-order valence-electron chi connectivity index (χ0n) is 19.6. The van der Waals surface area contributed by atoms with Gasteiger partial charge in [-0.05, 0) is 67.3 Å². The van der Waals surface area contributed by atoms with E-state index in [2.05, 4.69) is 4.98 Å². The second-order valence-corrected chi connectivity index (χ2v) is 10.7. The number of rotatable bonds is 5. The van der Waals surface area contributed by atoms with Gasteiger partial charge >= 0.3 is 5.91 Å². The number of hydrogen-bond donors (Lipinski definition) is 1. The van der Waals surface area contributed by atoms with Crippen LogP contribution in [0.15, 0.2) is 59.5 Å². The van der Waals surface area contributed by atoms with E-state index in [1.165, 1.54) is 27.6 Å². The summed E-state index contributed by atoms with van der Waals surface area (Å²) >= 11 is 2.73. The highest BCUT2D eigenvalue weighted by molar-refractivity contribution is 7.22. The van der Waals surface area contributed by atoms with E-state index in [0.717, 1.165) is 20.9 Å². The van der Waals surface area contributed by atoms with Crippen LogP contribution in [0, 0.1) is 0 Å². The summed E-state index contributed by atoms with van der Waals surface area (Å²) in [5.74, 6) is -0.152. The number of hydrogen-bond acceptors (Lipinski definition) is 8. The van der Waals surface area contributed by atoms with E-state index in [4.69, 9.17) is 9.47 Å². The number of aliphatic hydroxyl groups is 1. The molecule has 4 aromatic rings. The van der Waals surface area contributed by atoms with E-state index in [-0.39, 0.29) is 17.4 Å². The Balaban J connectivity index is 1.48. The first-order valence-electron chi connectivity index (χ1n) is 11.6. The van der Waals surface area contributed by atoms with E-state index in [1.54, 1.807) is 12.1 Å². The molecule has 182 valence electrons. The van der Waals surface area contributed by atoms with Crippen LogP contribution in [0.4, 0.5) is 5.13 Å². The quantitative estimate of drug-likeness (QED) is 0.207. The zero-order valence-corrected chi connectivity index (χ0v) is 21.2. The summed E-state index contributed by atoms with van der Waals surface area (Å²) < 4.78 is 12.2. The molecule has 0 unspecified atom stereocenters. The molecule has 9 heteroatoms. The highest BCUT2D eigenvalue weighted by Gasteiger charge is 2.48. The van der Waals surface area contributed by atoms with E-state index in [9.17, 15) is 14.7 Å². The van der Waals surface area contributed by atoms with Crippen LogP contribution < -0.4 is 14.4 Å². The van der Waals surface area contributed by atoms with Crippen LogP contribution in [0.3, 0.4) is 0 Å². The van der Waals surface area contributed by atoms with Crippen molar-refractivity contribution in [3.63, 3.8) is 0 Å². The lowest BCUT2D eigenvalue weighted by molar-refractivity contribution is -0.132. The summed E-state index contributed by atoms with van der Waals surface area (Å²) in [5.41, 5.74) is 2.21. The number of amides is 1. The zero-order chi connectivity index (χ0) is 25.0. The average molecular weight is 519 g/mol. The van der Waals surface area contributed by atoms with Gasteiger partial charge in [0.25, 0.3) is 5.78 Å². The van der Waals surface area contributed by atoms with E-state index < -0.39 is 17.7 Å². The van der Waals surface area contributed by atoms with Gasteiger partial charge in [0.15, 0.2) is 5.13 Å². The number of fused-ring (bicyclic) bond motifs is 2. The van der Waals surface area contributed by atoms with Crippen molar-refractivity contribution in [3.05, 3.63) is 75.5 Å². The predicted molar refractivity (Wildman–Crippen MR) is 140 cm³/mol. The molecule has 0 aliphatic carbocycles. The number of ketones is 1. The summed E-state index contributed by atoms with van der Waals surface area (Å²) in [6, 6.07) is 13.8. The van der Waals surface area contributed by atoms with E-state index in [0.29, 0.717) is 35.0 Å². The first-order valence-corrected chi connectivity index (χ1v) is 13.3. The first-order chi connectivity index (χ1) is 17.4. The van der Waals surface area contributed by atoms with Crippen LogP contribution >= 0.6 is 22.7 Å². The van der Waals surface area contributed by atoms with Crippen molar-refractivity contribution in [2.75, 3.05) is 11.5 Å². The number of ether oxygens (including phenoxy) is 2. The topological polar surface area (TPSA) is 89.0 Å². The van der Waals surface area contributed by atoms with Crippen LogP contribution in [0.2, 0.25) is 0 Å². The van der Waals surface area contributed by atoms with Crippen molar-refractivity contribution in [1.82, 2.24) is 4.98 Å².